The number of hydrogen-bond acceptors (Lipinski definition) is 3. The number of hydrogen-bond donors (Lipinski definition) is 3. The lowest BCUT2D eigenvalue weighted by Gasteiger charge is -2.14. The van der Waals surface area contributed by atoms with Crippen LogP contribution in [0.1, 0.15) is 18.5 Å². The summed E-state index contributed by atoms with van der Waals surface area (Å²) in [4.78, 5) is 15.3. The number of benzene rings is 2. The van der Waals surface area contributed by atoms with Gasteiger partial charge in [-0.25, -0.2) is 4.79 Å². The first-order valence-electron chi connectivity index (χ1n) is 7.95. The van der Waals surface area contributed by atoms with Gasteiger partial charge in [0.25, 0.3) is 0 Å². The summed E-state index contributed by atoms with van der Waals surface area (Å²) in [6.07, 6.45) is 0.604. The maximum absolute atomic E-state index is 10.8. The van der Waals surface area contributed by atoms with Gasteiger partial charge in [-0.15, -0.1) is 0 Å². The van der Waals surface area contributed by atoms with Crippen LogP contribution in [0.5, 0.6) is 0 Å². The largest absolute Gasteiger partial charge is 0.465 e. The fourth-order valence-electron chi connectivity index (χ4n) is 2.75. The molecular formula is C20H19N3O2. The summed E-state index contributed by atoms with van der Waals surface area (Å²) in [5.74, 6) is 0. The van der Waals surface area contributed by atoms with Gasteiger partial charge in [-0.05, 0) is 24.1 Å². The summed E-state index contributed by atoms with van der Waals surface area (Å²) in [5, 5.41) is 11.3. The van der Waals surface area contributed by atoms with Crippen LogP contribution in [-0.2, 0) is 0 Å². The fourth-order valence-corrected chi connectivity index (χ4v) is 2.75. The van der Waals surface area contributed by atoms with E-state index in [1.165, 1.54) is 0 Å². The number of aromatic nitrogens is 1. The first-order chi connectivity index (χ1) is 12.0. The molecule has 0 saturated heterocycles. The summed E-state index contributed by atoms with van der Waals surface area (Å²) in [6, 6.07) is 19.3. The summed E-state index contributed by atoms with van der Waals surface area (Å²) in [7, 11) is 0. The zero-order valence-electron chi connectivity index (χ0n) is 13.8. The molecule has 0 spiro atoms. The molecule has 5 nitrogen and oxygen atoms in total. The standard InChI is InChI=1S/C20H19N3O2/c1-13(23-20(24)25)14-7-9-16(10-8-14)19-18(11-17(21)12-22-19)15-5-3-2-4-6-15/h2-13,23H,21H2,1H3,(H,24,25)/t13-/m0/s1. The summed E-state index contributed by atoms with van der Waals surface area (Å²) < 4.78 is 0. The minimum atomic E-state index is -1.04. The van der Waals surface area contributed by atoms with E-state index in [-0.39, 0.29) is 6.04 Å². The van der Waals surface area contributed by atoms with Gasteiger partial charge in [0.2, 0.25) is 0 Å². The van der Waals surface area contributed by atoms with E-state index in [0.29, 0.717) is 5.69 Å². The zero-order valence-corrected chi connectivity index (χ0v) is 13.8. The average molecular weight is 333 g/mol. The van der Waals surface area contributed by atoms with E-state index in [0.717, 1.165) is 27.9 Å². The molecule has 0 aliphatic heterocycles. The van der Waals surface area contributed by atoms with Crippen molar-refractivity contribution in [1.29, 1.82) is 0 Å². The van der Waals surface area contributed by atoms with Gasteiger partial charge in [0, 0.05) is 11.1 Å². The minimum Gasteiger partial charge on any atom is -0.465 e. The molecule has 1 atom stereocenters. The Kier molecular flexibility index (Phi) is 4.66. The van der Waals surface area contributed by atoms with E-state index in [1.807, 2.05) is 60.7 Å². The highest BCUT2D eigenvalue weighted by molar-refractivity contribution is 5.82. The quantitative estimate of drug-likeness (QED) is 0.663. The van der Waals surface area contributed by atoms with Crippen molar-refractivity contribution in [3.63, 3.8) is 0 Å². The van der Waals surface area contributed by atoms with Gasteiger partial charge in [-0.1, -0.05) is 54.6 Å². The number of amides is 1. The van der Waals surface area contributed by atoms with Gasteiger partial charge < -0.3 is 16.2 Å². The van der Waals surface area contributed by atoms with E-state index in [1.54, 1.807) is 13.1 Å². The van der Waals surface area contributed by atoms with Crippen molar-refractivity contribution in [2.45, 2.75) is 13.0 Å². The predicted octanol–water partition coefficient (Wildman–Crippen LogP) is 4.33. The summed E-state index contributed by atoms with van der Waals surface area (Å²) in [6.45, 7) is 1.81. The molecule has 4 N–H and O–H groups in total. The van der Waals surface area contributed by atoms with Crippen molar-refractivity contribution >= 4 is 11.8 Å². The molecule has 0 radical (unpaired) electrons. The molecule has 0 bridgehead atoms. The number of rotatable bonds is 4. The van der Waals surface area contributed by atoms with Gasteiger partial charge in [0.05, 0.1) is 23.6 Å². The molecule has 126 valence electrons. The molecule has 0 saturated carbocycles. The Labute approximate surface area is 146 Å². The second-order valence-electron chi connectivity index (χ2n) is 5.82. The van der Waals surface area contributed by atoms with Crippen LogP contribution < -0.4 is 11.1 Å². The van der Waals surface area contributed by atoms with Crippen LogP contribution in [0.4, 0.5) is 10.5 Å². The molecule has 1 heterocycles. The van der Waals surface area contributed by atoms with Crippen LogP contribution in [0.25, 0.3) is 22.4 Å². The van der Waals surface area contributed by atoms with E-state index in [4.69, 9.17) is 10.8 Å². The Morgan fingerprint density at radius 2 is 1.76 bits per heavy atom. The van der Waals surface area contributed by atoms with Gasteiger partial charge in [0.1, 0.15) is 0 Å². The van der Waals surface area contributed by atoms with Crippen molar-refractivity contribution in [2.24, 2.45) is 0 Å². The van der Waals surface area contributed by atoms with Gasteiger partial charge in [-0.3, -0.25) is 4.98 Å². The Hall–Kier alpha value is -3.34. The smallest absolute Gasteiger partial charge is 0.405 e. The molecule has 1 amide bonds. The highest BCUT2D eigenvalue weighted by atomic mass is 16.4. The summed E-state index contributed by atoms with van der Waals surface area (Å²) in [5.41, 5.74) is 11.2. The third-order valence-corrected chi connectivity index (χ3v) is 4.02. The van der Waals surface area contributed by atoms with Crippen LogP contribution in [0, 0.1) is 0 Å². The van der Waals surface area contributed by atoms with Crippen LogP contribution in [0.2, 0.25) is 0 Å². The fraction of sp³-hybridized carbons (Fsp3) is 0.100. The number of nitrogens with zero attached hydrogens (tertiary/aromatic N) is 1. The van der Waals surface area contributed by atoms with E-state index in [2.05, 4.69) is 10.3 Å². The maximum Gasteiger partial charge on any atom is 0.405 e. The second kappa shape index (κ2) is 7.05. The van der Waals surface area contributed by atoms with Gasteiger partial charge >= 0.3 is 6.09 Å². The SMILES string of the molecule is C[C@H](NC(=O)O)c1ccc(-c2ncc(N)cc2-c2ccccc2)cc1. The topological polar surface area (TPSA) is 88.2 Å². The number of nitrogens with two attached hydrogens (primary N) is 1. The molecule has 0 fully saturated rings. The molecular weight excluding hydrogens is 314 g/mol. The van der Waals surface area contributed by atoms with E-state index < -0.39 is 6.09 Å². The Morgan fingerprint density at radius 3 is 2.40 bits per heavy atom. The van der Waals surface area contributed by atoms with Crippen molar-refractivity contribution in [1.82, 2.24) is 10.3 Å². The monoisotopic (exact) mass is 333 g/mol. The number of anilines is 1. The number of nitrogen functional groups attached to an aromatic ring is 1. The molecule has 2 aromatic carbocycles. The Bertz CT molecular complexity index is 877. The first-order valence-corrected chi connectivity index (χ1v) is 7.95. The number of pyridine rings is 1. The summed E-state index contributed by atoms with van der Waals surface area (Å²) >= 11 is 0. The molecule has 0 aliphatic rings. The highest BCUT2D eigenvalue weighted by Gasteiger charge is 2.12. The van der Waals surface area contributed by atoms with Crippen molar-refractivity contribution in [3.8, 4) is 22.4 Å². The van der Waals surface area contributed by atoms with Gasteiger partial charge in [0.15, 0.2) is 0 Å². The Balaban J connectivity index is 1.98. The first kappa shape index (κ1) is 16.5. The molecule has 0 unspecified atom stereocenters. The Morgan fingerprint density at radius 1 is 1.08 bits per heavy atom. The molecule has 25 heavy (non-hydrogen) atoms. The van der Waals surface area contributed by atoms with Crippen molar-refractivity contribution in [2.75, 3.05) is 5.73 Å². The predicted molar refractivity (Wildman–Crippen MR) is 99.1 cm³/mol. The molecule has 5 heteroatoms. The van der Waals surface area contributed by atoms with Crippen LogP contribution >= 0.6 is 0 Å². The van der Waals surface area contributed by atoms with Crippen LogP contribution in [0.15, 0.2) is 66.9 Å². The van der Waals surface area contributed by atoms with Crippen LogP contribution in [-0.4, -0.2) is 16.2 Å². The third kappa shape index (κ3) is 3.77. The molecule has 3 aromatic rings. The molecule has 0 aliphatic carbocycles. The van der Waals surface area contributed by atoms with Gasteiger partial charge in [-0.2, -0.15) is 0 Å². The highest BCUT2D eigenvalue weighted by Crippen LogP contribution is 2.32. The minimum absolute atomic E-state index is 0.278. The lowest BCUT2D eigenvalue weighted by molar-refractivity contribution is 0.191. The molecule has 3 rings (SSSR count). The number of carboxylic acid groups (broad SMARTS) is 1. The van der Waals surface area contributed by atoms with Crippen LogP contribution in [0.3, 0.4) is 0 Å². The number of carbonyl (C=O) groups is 1. The zero-order chi connectivity index (χ0) is 17.8. The molecule has 1 aromatic heterocycles. The third-order valence-electron chi connectivity index (χ3n) is 4.02. The van der Waals surface area contributed by atoms with Crippen molar-refractivity contribution < 1.29 is 9.90 Å². The lowest BCUT2D eigenvalue weighted by Crippen LogP contribution is -2.24. The van der Waals surface area contributed by atoms with E-state index in [9.17, 15) is 4.79 Å². The van der Waals surface area contributed by atoms with Crippen molar-refractivity contribution in [3.05, 3.63) is 72.4 Å². The second-order valence-corrected chi connectivity index (χ2v) is 5.82. The lowest BCUT2D eigenvalue weighted by atomic mass is 9.97. The normalized spacial score (nSPS) is 11.7. The number of nitrogens with one attached hydrogen (secondary N) is 1. The maximum atomic E-state index is 10.8. The van der Waals surface area contributed by atoms with E-state index >= 15 is 0 Å². The average Bonchev–Trinajstić information content (AvgIpc) is 2.62.